The van der Waals surface area contributed by atoms with E-state index in [0.29, 0.717) is 16.5 Å². The summed E-state index contributed by atoms with van der Waals surface area (Å²) in [4.78, 5) is 24.4. The van der Waals surface area contributed by atoms with Crippen LogP contribution in [0.3, 0.4) is 0 Å². The Kier molecular flexibility index (Phi) is 8.29. The van der Waals surface area contributed by atoms with Crippen LogP contribution >= 0.6 is 23.4 Å². The molecule has 0 aliphatic rings. The number of amides is 1. The number of benzene rings is 2. The van der Waals surface area contributed by atoms with Crippen LogP contribution in [-0.4, -0.2) is 38.5 Å². The molecule has 2 aromatic rings. The van der Waals surface area contributed by atoms with Crippen LogP contribution in [0, 0.1) is 0 Å². The minimum atomic E-state index is -0.485. The Morgan fingerprint density at radius 1 is 1.07 bits per heavy atom. The van der Waals surface area contributed by atoms with Crippen molar-refractivity contribution in [3.8, 4) is 11.5 Å². The molecule has 0 radical (unpaired) electrons. The Bertz CT molecular complexity index is 799. The molecule has 0 atom stereocenters. The van der Waals surface area contributed by atoms with Gasteiger partial charge in [-0.05, 0) is 29.8 Å². The highest BCUT2D eigenvalue weighted by Crippen LogP contribution is 2.27. The maximum atomic E-state index is 11.9. The molecule has 27 heavy (non-hydrogen) atoms. The molecule has 0 aliphatic carbocycles. The maximum absolute atomic E-state index is 11.9. The number of ether oxygens (including phenoxy) is 3. The Balaban J connectivity index is 1.73. The summed E-state index contributed by atoms with van der Waals surface area (Å²) in [5, 5.41) is 3.26. The van der Waals surface area contributed by atoms with Crippen LogP contribution in [-0.2, 0) is 20.9 Å². The number of hydrogen-bond acceptors (Lipinski definition) is 6. The number of nitrogens with one attached hydrogen (secondary N) is 1. The van der Waals surface area contributed by atoms with Gasteiger partial charge in [0.1, 0.15) is 0 Å². The van der Waals surface area contributed by atoms with Crippen LogP contribution < -0.4 is 14.8 Å². The van der Waals surface area contributed by atoms with E-state index in [0.717, 1.165) is 10.5 Å². The van der Waals surface area contributed by atoms with Crippen molar-refractivity contribution in [3.63, 3.8) is 0 Å². The molecule has 0 fully saturated rings. The molecular weight excluding hydrogens is 390 g/mol. The maximum Gasteiger partial charge on any atom is 0.316 e. The second kappa shape index (κ2) is 10.7. The van der Waals surface area contributed by atoms with Gasteiger partial charge in [-0.3, -0.25) is 9.59 Å². The summed E-state index contributed by atoms with van der Waals surface area (Å²) in [5.74, 6) is 0.388. The van der Waals surface area contributed by atoms with Crippen LogP contribution in [0.15, 0.2) is 47.4 Å². The summed E-state index contributed by atoms with van der Waals surface area (Å²) in [6, 6.07) is 12.5. The number of halogens is 1. The lowest BCUT2D eigenvalue weighted by atomic mass is 10.2. The van der Waals surface area contributed by atoms with Gasteiger partial charge in [0.05, 0.1) is 25.0 Å². The molecule has 2 aromatic carbocycles. The van der Waals surface area contributed by atoms with Crippen LogP contribution in [0.5, 0.6) is 11.5 Å². The Labute approximate surface area is 167 Å². The lowest BCUT2D eigenvalue weighted by Crippen LogP contribution is -2.28. The van der Waals surface area contributed by atoms with E-state index in [9.17, 15) is 9.59 Å². The Hall–Kier alpha value is -2.38. The Morgan fingerprint density at radius 3 is 2.52 bits per heavy atom. The first-order chi connectivity index (χ1) is 13.0. The number of carbonyl (C=O) groups excluding carboxylic acids is 2. The number of hydrogen-bond donors (Lipinski definition) is 1. The standard InChI is InChI=1S/C19H20ClNO5S/c1-24-15-8-7-13(9-16(15)25-2)10-21-18(22)11-26-19(23)12-27-17-6-4-3-5-14(17)20/h3-9H,10-12H2,1-2H3,(H,21,22). The molecule has 6 nitrogen and oxygen atoms in total. The SMILES string of the molecule is COc1ccc(CNC(=O)COC(=O)CSc2ccccc2Cl)cc1OC. The van der Waals surface area contributed by atoms with E-state index in [-0.39, 0.29) is 24.8 Å². The fourth-order valence-corrected chi connectivity index (χ4v) is 3.17. The molecule has 0 saturated heterocycles. The summed E-state index contributed by atoms with van der Waals surface area (Å²) in [6.45, 7) is -0.0552. The van der Waals surface area contributed by atoms with Gasteiger partial charge in [-0.25, -0.2) is 0 Å². The quantitative estimate of drug-likeness (QED) is 0.506. The number of methoxy groups -OCH3 is 2. The molecule has 2 rings (SSSR count). The fraction of sp³-hybridized carbons (Fsp3) is 0.263. The van der Waals surface area contributed by atoms with E-state index >= 15 is 0 Å². The van der Waals surface area contributed by atoms with Gasteiger partial charge >= 0.3 is 5.97 Å². The molecule has 0 saturated carbocycles. The minimum Gasteiger partial charge on any atom is -0.493 e. The smallest absolute Gasteiger partial charge is 0.316 e. The molecule has 8 heteroatoms. The van der Waals surface area contributed by atoms with Crippen LogP contribution in [0.4, 0.5) is 0 Å². The van der Waals surface area contributed by atoms with Crippen molar-refractivity contribution in [3.05, 3.63) is 53.1 Å². The third kappa shape index (κ3) is 6.69. The molecule has 0 heterocycles. The summed E-state index contributed by atoms with van der Waals surface area (Å²) in [7, 11) is 3.10. The normalized spacial score (nSPS) is 10.2. The van der Waals surface area contributed by atoms with Crippen molar-refractivity contribution < 1.29 is 23.8 Å². The lowest BCUT2D eigenvalue weighted by Gasteiger charge is -2.10. The van der Waals surface area contributed by atoms with E-state index in [1.807, 2.05) is 24.3 Å². The fourth-order valence-electron chi connectivity index (χ4n) is 2.13. The Morgan fingerprint density at radius 2 is 1.81 bits per heavy atom. The minimum absolute atomic E-state index is 0.0761. The van der Waals surface area contributed by atoms with Gasteiger partial charge in [0.25, 0.3) is 5.91 Å². The third-order valence-electron chi connectivity index (χ3n) is 3.48. The van der Waals surface area contributed by atoms with Gasteiger partial charge in [0.15, 0.2) is 18.1 Å². The number of rotatable bonds is 9. The third-order valence-corrected chi connectivity index (χ3v) is 4.97. The highest BCUT2D eigenvalue weighted by molar-refractivity contribution is 8.00. The van der Waals surface area contributed by atoms with Crippen molar-refractivity contribution in [1.29, 1.82) is 0 Å². The topological polar surface area (TPSA) is 73.9 Å². The summed E-state index contributed by atoms with van der Waals surface area (Å²) < 4.78 is 15.4. The van der Waals surface area contributed by atoms with Crippen molar-refractivity contribution in [1.82, 2.24) is 5.32 Å². The van der Waals surface area contributed by atoms with Crippen LogP contribution in [0.2, 0.25) is 5.02 Å². The molecule has 0 bridgehead atoms. The zero-order chi connectivity index (χ0) is 19.6. The average molecular weight is 410 g/mol. The highest BCUT2D eigenvalue weighted by atomic mass is 35.5. The van der Waals surface area contributed by atoms with Crippen molar-refractivity contribution in [2.45, 2.75) is 11.4 Å². The zero-order valence-corrected chi connectivity index (χ0v) is 16.6. The molecular formula is C19H20ClNO5S. The van der Waals surface area contributed by atoms with E-state index in [1.165, 1.54) is 11.8 Å². The lowest BCUT2D eigenvalue weighted by molar-refractivity contribution is -0.145. The van der Waals surface area contributed by atoms with Crippen LogP contribution in [0.25, 0.3) is 0 Å². The molecule has 0 unspecified atom stereocenters. The molecule has 0 aromatic heterocycles. The van der Waals surface area contributed by atoms with Gasteiger partial charge in [-0.2, -0.15) is 0 Å². The predicted molar refractivity (Wildman–Crippen MR) is 105 cm³/mol. The van der Waals surface area contributed by atoms with E-state index in [1.54, 1.807) is 32.4 Å². The first kappa shape index (κ1) is 20.9. The second-order valence-corrected chi connectivity index (χ2v) is 6.77. The number of thioether (sulfide) groups is 1. The highest BCUT2D eigenvalue weighted by Gasteiger charge is 2.10. The van der Waals surface area contributed by atoms with Gasteiger partial charge < -0.3 is 19.5 Å². The summed E-state index contributed by atoms with van der Waals surface area (Å²) in [6.07, 6.45) is 0. The van der Waals surface area contributed by atoms with Gasteiger partial charge in [0.2, 0.25) is 0 Å². The van der Waals surface area contributed by atoms with Crippen LogP contribution in [0.1, 0.15) is 5.56 Å². The molecule has 0 spiro atoms. The van der Waals surface area contributed by atoms with Gasteiger partial charge in [-0.15, -0.1) is 11.8 Å². The number of esters is 1. The molecule has 0 aliphatic heterocycles. The first-order valence-corrected chi connectivity index (χ1v) is 9.40. The molecule has 144 valence electrons. The largest absolute Gasteiger partial charge is 0.493 e. The predicted octanol–water partition coefficient (Wildman–Crippen LogP) is 3.31. The van der Waals surface area contributed by atoms with Gasteiger partial charge in [-0.1, -0.05) is 29.8 Å². The first-order valence-electron chi connectivity index (χ1n) is 8.04. The van der Waals surface area contributed by atoms with E-state index in [4.69, 9.17) is 25.8 Å². The average Bonchev–Trinajstić information content (AvgIpc) is 2.69. The summed E-state index contributed by atoms with van der Waals surface area (Å²) in [5.41, 5.74) is 0.835. The molecule has 1 amide bonds. The zero-order valence-electron chi connectivity index (χ0n) is 15.0. The second-order valence-electron chi connectivity index (χ2n) is 5.35. The molecule has 1 N–H and O–H groups in total. The number of carbonyl (C=O) groups is 2. The van der Waals surface area contributed by atoms with E-state index < -0.39 is 5.97 Å². The van der Waals surface area contributed by atoms with Gasteiger partial charge in [0, 0.05) is 11.4 Å². The van der Waals surface area contributed by atoms with Crippen molar-refractivity contribution >= 4 is 35.2 Å². The van der Waals surface area contributed by atoms with Crippen molar-refractivity contribution in [2.75, 3.05) is 26.6 Å². The monoisotopic (exact) mass is 409 g/mol. The summed E-state index contributed by atoms with van der Waals surface area (Å²) >= 11 is 7.28. The van der Waals surface area contributed by atoms with Crippen molar-refractivity contribution in [2.24, 2.45) is 0 Å². The van der Waals surface area contributed by atoms with E-state index in [2.05, 4.69) is 5.32 Å².